The largest absolute Gasteiger partial charge is 0.496 e. The highest BCUT2D eigenvalue weighted by Gasteiger charge is 2.23. The molecular formula is C19H17NO3. The zero-order chi connectivity index (χ0) is 15.8. The minimum absolute atomic E-state index is 0.0133. The normalized spacial score (nSPS) is 13.4. The molecular weight excluding hydrogens is 290 g/mol. The Balaban J connectivity index is 2.20. The number of hydrogen-bond donors (Lipinski definition) is 0. The van der Waals surface area contributed by atoms with Crippen molar-refractivity contribution < 1.29 is 9.47 Å². The molecule has 0 N–H and O–H groups in total. The first-order valence-electron chi connectivity index (χ1n) is 7.74. The van der Waals surface area contributed by atoms with Crippen LogP contribution in [0, 0.1) is 0 Å². The van der Waals surface area contributed by atoms with Gasteiger partial charge >= 0.3 is 0 Å². The molecule has 0 fully saturated rings. The van der Waals surface area contributed by atoms with Crippen molar-refractivity contribution in [1.82, 2.24) is 4.57 Å². The fourth-order valence-corrected chi connectivity index (χ4v) is 3.22. The lowest BCUT2D eigenvalue weighted by Gasteiger charge is -2.24. The Bertz CT molecular complexity index is 929. The predicted molar refractivity (Wildman–Crippen MR) is 89.9 cm³/mol. The van der Waals surface area contributed by atoms with Crippen LogP contribution in [0.15, 0.2) is 53.3 Å². The van der Waals surface area contributed by atoms with Crippen molar-refractivity contribution in [3.8, 4) is 17.3 Å². The molecule has 2 heterocycles. The summed E-state index contributed by atoms with van der Waals surface area (Å²) in [6.07, 6.45) is 1.59. The van der Waals surface area contributed by atoms with Gasteiger partial charge in [0.25, 0.3) is 0 Å². The third kappa shape index (κ3) is 2.10. The van der Waals surface area contributed by atoms with E-state index >= 15 is 0 Å². The Hall–Kier alpha value is -2.75. The molecule has 0 spiro atoms. The van der Waals surface area contributed by atoms with Crippen LogP contribution in [-0.2, 0) is 6.42 Å². The van der Waals surface area contributed by atoms with Crippen LogP contribution >= 0.6 is 0 Å². The molecule has 1 aliphatic heterocycles. The molecule has 0 bridgehead atoms. The molecule has 0 unspecified atom stereocenters. The van der Waals surface area contributed by atoms with Gasteiger partial charge in [-0.2, -0.15) is 0 Å². The summed E-state index contributed by atoms with van der Waals surface area (Å²) in [5.41, 5.74) is 2.53. The molecule has 0 saturated carbocycles. The van der Waals surface area contributed by atoms with E-state index in [0.717, 1.165) is 29.6 Å². The van der Waals surface area contributed by atoms with Crippen molar-refractivity contribution in [2.75, 3.05) is 13.7 Å². The summed E-state index contributed by atoms with van der Waals surface area (Å²) in [4.78, 5) is 13.0. The van der Waals surface area contributed by atoms with Crippen molar-refractivity contribution in [2.45, 2.75) is 12.8 Å². The molecule has 4 rings (SSSR count). The van der Waals surface area contributed by atoms with E-state index in [-0.39, 0.29) is 5.43 Å². The second kappa shape index (κ2) is 5.47. The Morgan fingerprint density at radius 3 is 2.70 bits per heavy atom. The lowest BCUT2D eigenvalue weighted by atomic mass is 10.0. The highest BCUT2D eigenvalue weighted by molar-refractivity contribution is 5.88. The van der Waals surface area contributed by atoms with Crippen LogP contribution in [0.5, 0.6) is 11.6 Å². The number of ether oxygens (including phenoxy) is 2. The van der Waals surface area contributed by atoms with Crippen molar-refractivity contribution >= 4 is 10.9 Å². The molecule has 3 aromatic rings. The molecule has 4 heteroatoms. The smallest absolute Gasteiger partial charge is 0.205 e. The highest BCUT2D eigenvalue weighted by atomic mass is 16.5. The number of para-hydroxylation sites is 1. The Kier molecular flexibility index (Phi) is 3.30. The SMILES string of the molecule is COc1cccc2c1c(=O)c1c(n2-c2ccccc2)OCCC1. The van der Waals surface area contributed by atoms with E-state index in [9.17, 15) is 4.79 Å². The number of nitrogens with zero attached hydrogens (tertiary/aromatic N) is 1. The summed E-state index contributed by atoms with van der Waals surface area (Å²) in [6, 6.07) is 15.6. The quantitative estimate of drug-likeness (QED) is 0.729. The van der Waals surface area contributed by atoms with Gasteiger partial charge < -0.3 is 9.47 Å². The Morgan fingerprint density at radius 2 is 1.91 bits per heavy atom. The molecule has 0 saturated heterocycles. The van der Waals surface area contributed by atoms with Crippen LogP contribution in [0.1, 0.15) is 12.0 Å². The lowest BCUT2D eigenvalue weighted by molar-refractivity contribution is 0.270. The maximum atomic E-state index is 13.0. The summed E-state index contributed by atoms with van der Waals surface area (Å²) in [6.45, 7) is 0.634. The van der Waals surface area contributed by atoms with Crippen LogP contribution in [-0.4, -0.2) is 18.3 Å². The van der Waals surface area contributed by atoms with Gasteiger partial charge in [0, 0.05) is 5.69 Å². The lowest BCUT2D eigenvalue weighted by Crippen LogP contribution is -2.23. The topological polar surface area (TPSA) is 40.5 Å². The minimum atomic E-state index is 0.0133. The minimum Gasteiger partial charge on any atom is -0.496 e. The van der Waals surface area contributed by atoms with Crippen LogP contribution in [0.4, 0.5) is 0 Å². The Labute approximate surface area is 133 Å². The first-order chi connectivity index (χ1) is 11.3. The summed E-state index contributed by atoms with van der Waals surface area (Å²) >= 11 is 0. The van der Waals surface area contributed by atoms with Gasteiger partial charge in [-0.15, -0.1) is 0 Å². The van der Waals surface area contributed by atoms with E-state index in [1.165, 1.54) is 0 Å². The number of hydrogen-bond acceptors (Lipinski definition) is 3. The molecule has 0 aliphatic carbocycles. The number of rotatable bonds is 2. The summed E-state index contributed by atoms with van der Waals surface area (Å²) in [7, 11) is 1.59. The van der Waals surface area contributed by atoms with E-state index in [4.69, 9.17) is 9.47 Å². The van der Waals surface area contributed by atoms with Gasteiger partial charge in [-0.05, 0) is 37.1 Å². The fraction of sp³-hybridized carbons (Fsp3) is 0.211. The van der Waals surface area contributed by atoms with Gasteiger partial charge in [0.05, 0.1) is 30.2 Å². The number of methoxy groups -OCH3 is 1. The molecule has 4 nitrogen and oxygen atoms in total. The highest BCUT2D eigenvalue weighted by Crippen LogP contribution is 2.33. The van der Waals surface area contributed by atoms with E-state index in [1.807, 2.05) is 53.1 Å². The van der Waals surface area contributed by atoms with Gasteiger partial charge in [-0.1, -0.05) is 24.3 Å². The second-order valence-corrected chi connectivity index (χ2v) is 5.59. The predicted octanol–water partition coefficient (Wildman–Crippen LogP) is 3.32. The first kappa shape index (κ1) is 13.9. The number of benzene rings is 2. The van der Waals surface area contributed by atoms with Crippen LogP contribution < -0.4 is 14.9 Å². The second-order valence-electron chi connectivity index (χ2n) is 5.59. The third-order valence-electron chi connectivity index (χ3n) is 4.25. The maximum absolute atomic E-state index is 13.0. The van der Waals surface area contributed by atoms with Gasteiger partial charge in [0.2, 0.25) is 5.88 Å². The number of pyridine rings is 1. The van der Waals surface area contributed by atoms with Gasteiger partial charge in [-0.3, -0.25) is 9.36 Å². The molecule has 0 amide bonds. The summed E-state index contributed by atoms with van der Waals surface area (Å²) in [5.74, 6) is 1.26. The maximum Gasteiger partial charge on any atom is 0.205 e. The standard InChI is InChI=1S/C19H17NO3/c1-22-16-11-5-10-15-17(16)18(21)14-9-6-12-23-19(14)20(15)13-7-3-2-4-8-13/h2-5,7-8,10-11H,6,9,12H2,1H3. The molecule has 2 aromatic carbocycles. The fourth-order valence-electron chi connectivity index (χ4n) is 3.22. The molecule has 116 valence electrons. The van der Waals surface area contributed by atoms with Crippen molar-refractivity contribution in [2.24, 2.45) is 0 Å². The molecule has 0 atom stereocenters. The van der Waals surface area contributed by atoms with E-state index in [2.05, 4.69) is 0 Å². The van der Waals surface area contributed by atoms with E-state index in [0.29, 0.717) is 23.6 Å². The average Bonchev–Trinajstić information content (AvgIpc) is 2.62. The first-order valence-corrected chi connectivity index (χ1v) is 7.74. The van der Waals surface area contributed by atoms with E-state index < -0.39 is 0 Å². The van der Waals surface area contributed by atoms with Gasteiger partial charge in [0.1, 0.15) is 5.75 Å². The molecule has 1 aromatic heterocycles. The number of aromatic nitrogens is 1. The summed E-state index contributed by atoms with van der Waals surface area (Å²) in [5, 5.41) is 0.614. The summed E-state index contributed by atoms with van der Waals surface area (Å²) < 4.78 is 13.4. The van der Waals surface area contributed by atoms with Crippen LogP contribution in [0.25, 0.3) is 16.6 Å². The zero-order valence-electron chi connectivity index (χ0n) is 12.9. The Morgan fingerprint density at radius 1 is 1.09 bits per heavy atom. The zero-order valence-corrected chi connectivity index (χ0v) is 12.9. The third-order valence-corrected chi connectivity index (χ3v) is 4.25. The molecule has 1 aliphatic rings. The number of fused-ring (bicyclic) bond motifs is 2. The van der Waals surface area contributed by atoms with Gasteiger partial charge in [-0.25, -0.2) is 0 Å². The molecule has 0 radical (unpaired) electrons. The van der Waals surface area contributed by atoms with Crippen molar-refractivity contribution in [1.29, 1.82) is 0 Å². The average molecular weight is 307 g/mol. The van der Waals surface area contributed by atoms with Crippen LogP contribution in [0.3, 0.4) is 0 Å². The van der Waals surface area contributed by atoms with E-state index in [1.54, 1.807) is 7.11 Å². The van der Waals surface area contributed by atoms with Crippen molar-refractivity contribution in [3.63, 3.8) is 0 Å². The van der Waals surface area contributed by atoms with Crippen LogP contribution in [0.2, 0.25) is 0 Å². The molecule has 23 heavy (non-hydrogen) atoms. The monoisotopic (exact) mass is 307 g/mol. The van der Waals surface area contributed by atoms with Crippen molar-refractivity contribution in [3.05, 3.63) is 64.3 Å². The van der Waals surface area contributed by atoms with Gasteiger partial charge in [0.15, 0.2) is 5.43 Å².